The molecule has 0 spiro atoms. The number of furan rings is 4. The lowest BCUT2D eigenvalue weighted by atomic mass is 10.1. The van der Waals surface area contributed by atoms with Crippen LogP contribution in [-0.4, -0.2) is 88.1 Å². The van der Waals surface area contributed by atoms with Crippen LogP contribution in [0.15, 0.2) is 274 Å². The van der Waals surface area contributed by atoms with Crippen molar-refractivity contribution in [3.05, 3.63) is 405 Å². The molecule has 0 fully saturated rings. The first-order chi connectivity index (χ1) is 62.9. The van der Waals surface area contributed by atoms with Gasteiger partial charge in [0.15, 0.2) is 57.4 Å². The fourth-order valence-electron chi connectivity index (χ4n) is 14.7. The van der Waals surface area contributed by atoms with E-state index < -0.39 is 63.9 Å². The molecule has 20 aromatic rings. The Morgan fingerprint density at radius 2 is 0.500 bits per heavy atom. The van der Waals surface area contributed by atoms with E-state index in [9.17, 15) is 74.5 Å². The molecular formula is C96H68F10N14O10. The van der Waals surface area contributed by atoms with Crippen LogP contribution in [0.4, 0.5) is 55.3 Å². The number of hydrogen-bond donors (Lipinski definition) is 8. The molecule has 0 aliphatic heterocycles. The van der Waals surface area contributed by atoms with Gasteiger partial charge in [-0.2, -0.15) is 0 Å². The first-order valence-electron chi connectivity index (χ1n) is 39.7. The minimum absolute atomic E-state index is 0.0200. The summed E-state index contributed by atoms with van der Waals surface area (Å²) in [5, 5.41) is 62.9. The molecule has 12 aromatic heterocycles. The fourth-order valence-corrected chi connectivity index (χ4v) is 14.7. The van der Waals surface area contributed by atoms with Crippen LogP contribution in [0.2, 0.25) is 0 Å². The van der Waals surface area contributed by atoms with Gasteiger partial charge in [-0.25, -0.2) is 83.8 Å². The highest BCUT2D eigenvalue weighted by atomic mass is 19.2. The number of imidazole rings is 4. The molecule has 0 radical (unpaired) electrons. The number of aromatic hydroxyl groups is 6. The van der Waals surface area contributed by atoms with Crippen molar-refractivity contribution in [2.24, 2.45) is 0 Å². The standard InChI is InChI=1S/C24H17F3N4O2.C24H16F3N3O3.C24H18F2N4O2.C24H17F2N3O3/c25-16-6-2-7-17(26)15(16)11-19-23-30-20(10-13-4-3-9-33-13)24(32)31(23)12-21(29-19)14-5-1-8-18(28)22(14)27;25-16-6-2-7-17(26)15(16)11-18-23-29-19(10-13-4-3-9-33-13)24(32)30(23)12-20(28-18)14-5-1-8-21(31)22(14)27;25-17-8-2-1-5-14(17)11-19-23-29-20(12-15-6-4-10-32-15)24(31)30(23)13-21(28-19)16-7-3-9-18(27)22(16)26;25-17-8-2-1-5-14(17)11-18-23-28-19(12-15-6-4-10-32-15)24(31)29(23)13-20(27-18)16-7-3-9-21(30)22(16)26/h1-9,12,32H,10-11,28H2;1-9,12,31-32H,10-11H2;1-10,13,31H,11-12,27H2;1-10,13,30-31H,11-12H2. The number of halogens is 10. The first kappa shape index (κ1) is 85.2. The van der Waals surface area contributed by atoms with Gasteiger partial charge in [-0.3, -0.25) is 17.6 Å². The predicted octanol–water partition coefficient (Wildman–Crippen LogP) is 19.5. The summed E-state index contributed by atoms with van der Waals surface area (Å²) in [5.74, 6) is -6.42. The topological polar surface area (TPSA) is 347 Å². The quantitative estimate of drug-likeness (QED) is 0.0259. The molecule has 0 aliphatic carbocycles. The third-order valence-electron chi connectivity index (χ3n) is 21.1. The minimum atomic E-state index is -0.914. The summed E-state index contributed by atoms with van der Waals surface area (Å²) in [7, 11) is 0. The van der Waals surface area contributed by atoms with E-state index in [1.807, 2.05) is 0 Å². The second kappa shape index (κ2) is 36.3. The number of phenolic OH excluding ortho intramolecular Hbond substituents is 2. The maximum Gasteiger partial charge on any atom is 0.219 e. The van der Waals surface area contributed by atoms with Gasteiger partial charge in [0.1, 0.15) is 80.7 Å². The van der Waals surface area contributed by atoms with Gasteiger partial charge in [-0.1, -0.05) is 72.8 Å². The van der Waals surface area contributed by atoms with Crippen molar-refractivity contribution in [1.82, 2.24) is 57.5 Å². The number of benzene rings is 8. The molecular weight excluding hydrogens is 1700 g/mol. The zero-order valence-electron chi connectivity index (χ0n) is 67.5. The van der Waals surface area contributed by atoms with Gasteiger partial charge in [-0.15, -0.1) is 0 Å². The van der Waals surface area contributed by atoms with E-state index in [1.54, 1.807) is 103 Å². The Kier molecular flexibility index (Phi) is 23.8. The second-order valence-corrected chi connectivity index (χ2v) is 29.6. The average Bonchev–Trinajstić information content (AvgIpc) is 1.61. The van der Waals surface area contributed by atoms with Crippen LogP contribution in [0.3, 0.4) is 0 Å². The number of nitrogens with zero attached hydrogens (tertiary/aromatic N) is 12. The molecule has 12 heterocycles. The molecule has 0 bridgehead atoms. The summed E-state index contributed by atoms with van der Waals surface area (Å²) in [6.07, 6.45) is 12.1. The zero-order valence-corrected chi connectivity index (χ0v) is 67.5. The van der Waals surface area contributed by atoms with Crippen LogP contribution in [0.25, 0.3) is 67.6 Å². The predicted molar refractivity (Wildman–Crippen MR) is 455 cm³/mol. The Morgan fingerprint density at radius 1 is 0.246 bits per heavy atom. The van der Waals surface area contributed by atoms with Crippen LogP contribution in [0.1, 0.15) is 90.8 Å². The Balaban J connectivity index is 0.000000121. The van der Waals surface area contributed by atoms with Gasteiger partial charge in [0, 0.05) is 83.9 Å². The number of rotatable bonds is 20. The largest absolute Gasteiger partial charge is 0.505 e. The van der Waals surface area contributed by atoms with Gasteiger partial charge in [0.25, 0.3) is 0 Å². The van der Waals surface area contributed by atoms with Gasteiger partial charge < -0.3 is 59.8 Å². The third kappa shape index (κ3) is 17.5. The van der Waals surface area contributed by atoms with Crippen LogP contribution >= 0.6 is 0 Å². The highest BCUT2D eigenvalue weighted by Crippen LogP contribution is 2.39. The van der Waals surface area contributed by atoms with Crippen LogP contribution in [0, 0.1) is 58.2 Å². The van der Waals surface area contributed by atoms with Crippen molar-refractivity contribution in [2.45, 2.75) is 51.4 Å². The molecule has 0 amide bonds. The van der Waals surface area contributed by atoms with E-state index in [1.165, 1.54) is 146 Å². The number of phenols is 2. The van der Waals surface area contributed by atoms with E-state index in [0.717, 1.165) is 24.3 Å². The van der Waals surface area contributed by atoms with Crippen molar-refractivity contribution in [3.63, 3.8) is 0 Å². The van der Waals surface area contributed by atoms with Crippen molar-refractivity contribution in [3.8, 4) is 80.0 Å². The maximum absolute atomic E-state index is 14.7. The number of nitrogen functional groups attached to an aromatic ring is 2. The monoisotopic (exact) mass is 1770 g/mol. The molecule has 0 unspecified atom stereocenters. The molecule has 0 atom stereocenters. The van der Waals surface area contributed by atoms with E-state index in [4.69, 9.17) is 29.1 Å². The molecule has 8 aromatic carbocycles. The van der Waals surface area contributed by atoms with Gasteiger partial charge in [-0.05, 0) is 145 Å². The summed E-state index contributed by atoms with van der Waals surface area (Å²) in [5.41, 5.74) is 15.7. The second-order valence-electron chi connectivity index (χ2n) is 29.6. The van der Waals surface area contributed by atoms with Crippen molar-refractivity contribution in [2.75, 3.05) is 11.5 Å². The van der Waals surface area contributed by atoms with Crippen LogP contribution in [0.5, 0.6) is 35.0 Å². The Hall–Kier alpha value is -16.9. The lowest BCUT2D eigenvalue weighted by Crippen LogP contribution is -2.05. The molecule has 0 saturated carbocycles. The number of fused-ring (bicyclic) bond motifs is 4. The normalized spacial score (nSPS) is 11.3. The number of hydrogen-bond acceptors (Lipinski definition) is 20. The Bertz CT molecular complexity index is 7110. The number of anilines is 2. The van der Waals surface area contributed by atoms with Crippen LogP contribution in [-0.2, 0) is 51.4 Å². The van der Waals surface area contributed by atoms with Crippen molar-refractivity contribution in [1.29, 1.82) is 0 Å². The average molecular weight is 1770 g/mol. The van der Waals surface area contributed by atoms with E-state index in [-0.39, 0.29) is 182 Å². The smallest absolute Gasteiger partial charge is 0.219 e. The van der Waals surface area contributed by atoms with Gasteiger partial charge in [0.05, 0.1) is 108 Å². The molecule has 20 rings (SSSR count). The summed E-state index contributed by atoms with van der Waals surface area (Å²) >= 11 is 0. The van der Waals surface area contributed by atoms with E-state index >= 15 is 0 Å². The first-order valence-corrected chi connectivity index (χ1v) is 39.7. The molecule has 10 N–H and O–H groups in total. The zero-order chi connectivity index (χ0) is 90.7. The van der Waals surface area contributed by atoms with Gasteiger partial charge in [0.2, 0.25) is 23.5 Å². The Labute approximate surface area is 728 Å². The van der Waals surface area contributed by atoms with Gasteiger partial charge >= 0.3 is 0 Å². The third-order valence-corrected chi connectivity index (χ3v) is 21.1. The lowest BCUT2D eigenvalue weighted by molar-refractivity contribution is 0.433. The molecule has 0 saturated heterocycles. The van der Waals surface area contributed by atoms with Crippen molar-refractivity contribution < 1.29 is 92.2 Å². The molecule has 34 heteroatoms. The minimum Gasteiger partial charge on any atom is -0.505 e. The summed E-state index contributed by atoms with van der Waals surface area (Å²) < 4.78 is 172. The maximum atomic E-state index is 14.7. The van der Waals surface area contributed by atoms with Crippen molar-refractivity contribution >= 4 is 34.0 Å². The Morgan fingerprint density at radius 3 is 0.777 bits per heavy atom. The number of aromatic nitrogens is 12. The van der Waals surface area contributed by atoms with E-state index in [0.29, 0.717) is 68.2 Å². The summed E-state index contributed by atoms with van der Waals surface area (Å²) in [6.45, 7) is 0. The summed E-state index contributed by atoms with van der Waals surface area (Å²) in [4.78, 5) is 35.9. The van der Waals surface area contributed by atoms with Crippen LogP contribution < -0.4 is 11.5 Å². The molecule has 652 valence electrons. The summed E-state index contributed by atoms with van der Waals surface area (Å²) in [6, 6.07) is 50.8. The number of nitrogens with two attached hydrogens (primary N) is 2. The van der Waals surface area contributed by atoms with E-state index in [2.05, 4.69) is 39.9 Å². The molecule has 0 aliphatic rings. The molecule has 24 nitrogen and oxygen atoms in total. The SMILES string of the molecule is Nc1cccc(-c2cn3c(O)c(Cc4ccco4)nc3c(Cc3c(F)cccc3F)n2)c1F.Nc1cccc(-c2cn3c(O)c(Cc4ccco4)nc3c(Cc3ccccc3F)n2)c1F.Oc1cccc(-c2cn3c(O)c(Cc4ccco4)nc3c(Cc3c(F)cccc3F)n2)c1F.Oc1cccc(-c2cn3c(O)c(Cc4ccco4)nc3c(Cc3ccccc3F)n2)c1F. The fraction of sp³-hybridized carbons (Fsp3) is 0.0833. The molecule has 130 heavy (non-hydrogen) atoms. The highest BCUT2D eigenvalue weighted by molar-refractivity contribution is 5.71. The highest BCUT2D eigenvalue weighted by Gasteiger charge is 2.29. The lowest BCUT2D eigenvalue weighted by Gasteiger charge is -2.11.